The van der Waals surface area contributed by atoms with Crippen LogP contribution in [0.1, 0.15) is 44.7 Å². The van der Waals surface area contributed by atoms with Crippen molar-refractivity contribution in [3.63, 3.8) is 0 Å². The topological polar surface area (TPSA) is 33.0 Å². The van der Waals surface area contributed by atoms with Gasteiger partial charge in [-0.1, -0.05) is 0 Å². The van der Waals surface area contributed by atoms with Crippen LogP contribution in [0.4, 0.5) is 0 Å². The Hall–Kier alpha value is -1.38. The van der Waals surface area contributed by atoms with Gasteiger partial charge >= 0.3 is 0 Å². The fraction of sp³-hybridized carbons (Fsp3) is 0.600. The second-order valence-electron chi connectivity index (χ2n) is 6.17. The van der Waals surface area contributed by atoms with E-state index in [2.05, 4.69) is 17.6 Å². The zero-order valence-corrected chi connectivity index (χ0v) is 11.6. The highest BCUT2D eigenvalue weighted by atomic mass is 16.2. The Morgan fingerprint density at radius 3 is 2.61 bits per heavy atom. The first kappa shape index (κ1) is 13.1. The van der Waals surface area contributed by atoms with E-state index < -0.39 is 0 Å². The molecule has 0 radical (unpaired) electrons. The number of aryl methyl sites for hydroxylation is 2. The summed E-state index contributed by atoms with van der Waals surface area (Å²) in [5.74, 6) is 0.0725. The van der Waals surface area contributed by atoms with E-state index in [1.165, 1.54) is 30.4 Å². The van der Waals surface area contributed by atoms with E-state index in [0.29, 0.717) is 6.54 Å². The maximum atomic E-state index is 11.9. The normalized spacial score (nSPS) is 15.1. The molecule has 98 valence electrons. The Morgan fingerprint density at radius 2 is 1.94 bits per heavy atom. The number of aromatic nitrogens is 1. The van der Waals surface area contributed by atoms with Crippen molar-refractivity contribution in [1.82, 2.24) is 5.32 Å². The smallest absolute Gasteiger partial charge is 0.286 e. The van der Waals surface area contributed by atoms with Crippen LogP contribution >= 0.6 is 0 Å². The summed E-state index contributed by atoms with van der Waals surface area (Å²) >= 11 is 0. The van der Waals surface area contributed by atoms with Crippen molar-refractivity contribution < 1.29 is 9.36 Å². The minimum atomic E-state index is -0.161. The van der Waals surface area contributed by atoms with Gasteiger partial charge in [-0.25, -0.2) is 0 Å². The second-order valence-corrected chi connectivity index (χ2v) is 6.17. The van der Waals surface area contributed by atoms with Gasteiger partial charge in [-0.15, -0.1) is 0 Å². The van der Waals surface area contributed by atoms with Crippen LogP contribution in [0.2, 0.25) is 0 Å². The summed E-state index contributed by atoms with van der Waals surface area (Å²) in [6.45, 7) is 6.41. The molecule has 1 amide bonds. The number of carbonyl (C=O) groups excluding carboxylic acids is 1. The monoisotopic (exact) mass is 247 g/mol. The van der Waals surface area contributed by atoms with Gasteiger partial charge in [0.2, 0.25) is 6.54 Å². The van der Waals surface area contributed by atoms with Crippen molar-refractivity contribution in [3.05, 3.63) is 29.6 Å². The molecule has 1 aromatic heterocycles. The van der Waals surface area contributed by atoms with Gasteiger partial charge in [0.15, 0.2) is 12.4 Å². The van der Waals surface area contributed by atoms with Gasteiger partial charge in [0.1, 0.15) is 0 Å². The molecule has 1 heterocycles. The second kappa shape index (κ2) is 5.09. The number of pyridine rings is 1. The molecule has 0 saturated heterocycles. The highest BCUT2D eigenvalue weighted by Crippen LogP contribution is 2.18. The van der Waals surface area contributed by atoms with Crippen LogP contribution in [0.15, 0.2) is 18.5 Å². The Morgan fingerprint density at radius 1 is 1.28 bits per heavy atom. The Labute approximate surface area is 109 Å². The van der Waals surface area contributed by atoms with Gasteiger partial charge in [-0.3, -0.25) is 4.79 Å². The maximum absolute atomic E-state index is 11.9. The van der Waals surface area contributed by atoms with Crippen molar-refractivity contribution in [1.29, 1.82) is 0 Å². The van der Waals surface area contributed by atoms with Gasteiger partial charge in [-0.2, -0.15) is 4.57 Å². The van der Waals surface area contributed by atoms with Crippen LogP contribution in [0.5, 0.6) is 0 Å². The van der Waals surface area contributed by atoms with Gasteiger partial charge in [0.05, 0.1) is 0 Å². The van der Waals surface area contributed by atoms with Crippen LogP contribution < -0.4 is 9.88 Å². The average Bonchev–Trinajstić information content (AvgIpc) is 2.26. The van der Waals surface area contributed by atoms with E-state index in [1.54, 1.807) is 0 Å². The molecule has 0 fully saturated rings. The van der Waals surface area contributed by atoms with Crippen molar-refractivity contribution in [3.8, 4) is 0 Å². The van der Waals surface area contributed by atoms with E-state index in [0.717, 1.165) is 6.42 Å². The summed E-state index contributed by atoms with van der Waals surface area (Å²) in [5.41, 5.74) is 2.70. The number of hydrogen-bond acceptors (Lipinski definition) is 1. The maximum Gasteiger partial charge on any atom is 0.286 e. The summed E-state index contributed by atoms with van der Waals surface area (Å²) in [4.78, 5) is 11.9. The summed E-state index contributed by atoms with van der Waals surface area (Å²) in [7, 11) is 0. The first-order chi connectivity index (χ1) is 8.44. The number of fused-ring (bicyclic) bond motifs is 1. The molecule has 0 atom stereocenters. The number of rotatable bonds is 2. The molecule has 0 unspecified atom stereocenters. The van der Waals surface area contributed by atoms with E-state index in [-0.39, 0.29) is 11.4 Å². The summed E-state index contributed by atoms with van der Waals surface area (Å²) in [6, 6.07) is 2.17. The number of carbonyl (C=O) groups is 1. The standard InChI is InChI=1S/C15H22N2O/c1-15(2,3)16-14(18)11-17-9-8-12-6-4-5-7-13(12)10-17/h8-10H,4-7,11H2,1-3H3/p+1. The van der Waals surface area contributed by atoms with Gasteiger partial charge in [0.25, 0.3) is 5.91 Å². The van der Waals surface area contributed by atoms with E-state index in [4.69, 9.17) is 0 Å². The lowest BCUT2D eigenvalue weighted by Crippen LogP contribution is -2.48. The minimum absolute atomic E-state index is 0.0725. The van der Waals surface area contributed by atoms with E-state index >= 15 is 0 Å². The zero-order chi connectivity index (χ0) is 13.2. The summed E-state index contributed by atoms with van der Waals surface area (Å²) in [6.07, 6.45) is 9.05. The zero-order valence-electron chi connectivity index (χ0n) is 11.6. The molecule has 1 N–H and O–H groups in total. The largest absolute Gasteiger partial charge is 0.346 e. The first-order valence-corrected chi connectivity index (χ1v) is 6.76. The number of nitrogens with one attached hydrogen (secondary N) is 1. The lowest BCUT2D eigenvalue weighted by atomic mass is 9.93. The summed E-state index contributed by atoms with van der Waals surface area (Å²) < 4.78 is 1.99. The average molecular weight is 247 g/mol. The third-order valence-electron chi connectivity index (χ3n) is 3.18. The Kier molecular flexibility index (Phi) is 3.69. The number of hydrogen-bond donors (Lipinski definition) is 1. The lowest BCUT2D eigenvalue weighted by molar-refractivity contribution is -0.685. The van der Waals surface area contributed by atoms with E-state index in [1.807, 2.05) is 31.5 Å². The van der Waals surface area contributed by atoms with Crippen LogP contribution in [-0.2, 0) is 24.2 Å². The Bertz CT molecular complexity index is 446. The lowest BCUT2D eigenvalue weighted by Gasteiger charge is -2.19. The quantitative estimate of drug-likeness (QED) is 0.794. The molecule has 0 spiro atoms. The molecule has 18 heavy (non-hydrogen) atoms. The van der Waals surface area contributed by atoms with Crippen LogP contribution in [0.3, 0.4) is 0 Å². The third kappa shape index (κ3) is 3.56. The molecule has 2 rings (SSSR count). The van der Waals surface area contributed by atoms with Crippen molar-refractivity contribution >= 4 is 5.91 Å². The third-order valence-corrected chi connectivity index (χ3v) is 3.18. The van der Waals surface area contributed by atoms with Gasteiger partial charge in [-0.05, 0) is 52.0 Å². The predicted octanol–water partition coefficient (Wildman–Crippen LogP) is 1.77. The molecule has 0 aromatic carbocycles. The van der Waals surface area contributed by atoms with Gasteiger partial charge < -0.3 is 5.32 Å². The summed E-state index contributed by atoms with van der Waals surface area (Å²) in [5, 5.41) is 2.99. The highest BCUT2D eigenvalue weighted by Gasteiger charge is 2.19. The van der Waals surface area contributed by atoms with Crippen LogP contribution in [0, 0.1) is 0 Å². The molecule has 0 aliphatic heterocycles. The molecule has 1 aromatic rings. The fourth-order valence-electron chi connectivity index (χ4n) is 2.44. The van der Waals surface area contributed by atoms with Crippen molar-refractivity contribution in [2.75, 3.05) is 0 Å². The molecule has 0 saturated carbocycles. The molecule has 1 aliphatic rings. The molecule has 0 bridgehead atoms. The SMILES string of the molecule is CC(C)(C)NC(=O)C[n+]1ccc2c(c1)CCCC2. The molecular formula is C15H23N2O+. The van der Waals surface area contributed by atoms with Crippen molar-refractivity contribution in [2.45, 2.75) is 58.5 Å². The molecule has 3 nitrogen and oxygen atoms in total. The molecule has 1 aliphatic carbocycles. The van der Waals surface area contributed by atoms with Gasteiger partial charge in [0, 0.05) is 17.2 Å². The van der Waals surface area contributed by atoms with Crippen LogP contribution in [0.25, 0.3) is 0 Å². The first-order valence-electron chi connectivity index (χ1n) is 6.76. The minimum Gasteiger partial charge on any atom is -0.346 e. The molecular weight excluding hydrogens is 224 g/mol. The fourth-order valence-corrected chi connectivity index (χ4v) is 2.44. The highest BCUT2D eigenvalue weighted by molar-refractivity contribution is 5.75. The van der Waals surface area contributed by atoms with E-state index in [9.17, 15) is 4.79 Å². The number of nitrogens with zero attached hydrogens (tertiary/aromatic N) is 1. The number of amides is 1. The Balaban J connectivity index is 2.04. The predicted molar refractivity (Wildman–Crippen MR) is 71.2 cm³/mol. The molecule has 3 heteroatoms. The van der Waals surface area contributed by atoms with Crippen LogP contribution in [-0.4, -0.2) is 11.4 Å². The van der Waals surface area contributed by atoms with Crippen molar-refractivity contribution in [2.24, 2.45) is 0 Å².